The fourth-order valence-electron chi connectivity index (χ4n) is 2.74. The molecule has 4 rings (SSSR count). The van der Waals surface area contributed by atoms with Gasteiger partial charge in [-0.25, -0.2) is 4.99 Å². The molecule has 0 spiro atoms. The predicted molar refractivity (Wildman–Crippen MR) is 86.1 cm³/mol. The third-order valence-electron chi connectivity index (χ3n) is 3.76. The second-order valence-electron chi connectivity index (χ2n) is 5.12. The van der Waals surface area contributed by atoms with E-state index in [9.17, 15) is 5.11 Å². The Hall–Kier alpha value is -2.65. The topological polar surface area (TPSA) is 44.6 Å². The van der Waals surface area contributed by atoms with Crippen LogP contribution in [0.25, 0.3) is 10.8 Å². The van der Waals surface area contributed by atoms with Crippen molar-refractivity contribution in [3.05, 3.63) is 72.3 Å². The van der Waals surface area contributed by atoms with Crippen molar-refractivity contribution < 1.29 is 5.11 Å². The molecule has 1 aliphatic heterocycles. The number of aliphatic hydroxyl groups excluding tert-OH is 1. The Morgan fingerprint density at radius 2 is 1.62 bits per heavy atom. The van der Waals surface area contributed by atoms with Gasteiger partial charge >= 0.3 is 0 Å². The van der Waals surface area contributed by atoms with Crippen molar-refractivity contribution in [2.24, 2.45) is 4.99 Å². The third-order valence-corrected chi connectivity index (χ3v) is 3.76. The monoisotopic (exact) mass is 274 g/mol. The summed E-state index contributed by atoms with van der Waals surface area (Å²) in [5, 5.41) is 16.0. The molecule has 3 heteroatoms. The standard InChI is InChI=1S/C18H14N2O/c21-17(13-6-2-1-3-7-13)18-19-14-10-4-8-12-9-5-11-15(20-18)16(12)14/h1-11,17,21H,(H,19,20)/t17-/m1/s1. The number of nitrogens with one attached hydrogen (secondary N) is 1. The average Bonchev–Trinajstić information content (AvgIpc) is 2.55. The second-order valence-corrected chi connectivity index (χ2v) is 5.12. The Kier molecular flexibility index (Phi) is 2.72. The zero-order valence-electron chi connectivity index (χ0n) is 11.3. The number of benzene rings is 3. The van der Waals surface area contributed by atoms with Crippen LogP contribution in [-0.2, 0) is 0 Å². The van der Waals surface area contributed by atoms with Crippen LogP contribution in [0.5, 0.6) is 0 Å². The lowest BCUT2D eigenvalue weighted by Gasteiger charge is -2.22. The van der Waals surface area contributed by atoms with Crippen LogP contribution in [-0.4, -0.2) is 10.9 Å². The van der Waals surface area contributed by atoms with E-state index in [-0.39, 0.29) is 0 Å². The van der Waals surface area contributed by atoms with E-state index in [0.717, 1.165) is 27.7 Å². The predicted octanol–water partition coefficient (Wildman–Crippen LogP) is 4.03. The van der Waals surface area contributed by atoms with Crippen LogP contribution in [0, 0.1) is 0 Å². The van der Waals surface area contributed by atoms with Crippen LogP contribution in [0.3, 0.4) is 0 Å². The van der Waals surface area contributed by atoms with Crippen molar-refractivity contribution in [3.63, 3.8) is 0 Å². The third kappa shape index (κ3) is 1.99. The van der Waals surface area contributed by atoms with Crippen molar-refractivity contribution in [3.8, 4) is 0 Å². The second kappa shape index (κ2) is 4.72. The molecule has 1 atom stereocenters. The quantitative estimate of drug-likeness (QED) is 0.741. The van der Waals surface area contributed by atoms with Crippen LogP contribution in [0.4, 0.5) is 11.4 Å². The largest absolute Gasteiger partial charge is 0.380 e. The minimum absolute atomic E-state index is 0.562. The highest BCUT2D eigenvalue weighted by Gasteiger charge is 2.20. The Morgan fingerprint density at radius 3 is 2.43 bits per heavy atom. The van der Waals surface area contributed by atoms with Crippen molar-refractivity contribution in [2.45, 2.75) is 6.10 Å². The molecule has 3 aromatic rings. The molecule has 0 saturated heterocycles. The Bertz CT molecular complexity index is 835. The van der Waals surface area contributed by atoms with Crippen molar-refractivity contribution in [1.29, 1.82) is 0 Å². The first kappa shape index (κ1) is 12.1. The smallest absolute Gasteiger partial charge is 0.140 e. The molecular weight excluding hydrogens is 260 g/mol. The van der Waals surface area contributed by atoms with Gasteiger partial charge in [0.05, 0.1) is 5.69 Å². The number of amidine groups is 1. The highest BCUT2D eigenvalue weighted by atomic mass is 16.3. The fourth-order valence-corrected chi connectivity index (χ4v) is 2.74. The maximum atomic E-state index is 10.5. The van der Waals surface area contributed by atoms with Gasteiger partial charge in [-0.05, 0) is 23.1 Å². The number of aliphatic hydroxyl groups is 1. The molecule has 21 heavy (non-hydrogen) atoms. The lowest BCUT2D eigenvalue weighted by Crippen LogP contribution is -2.23. The summed E-state index contributed by atoms with van der Waals surface area (Å²) >= 11 is 0. The number of hydrogen-bond acceptors (Lipinski definition) is 3. The molecule has 3 aromatic carbocycles. The summed E-state index contributed by atoms with van der Waals surface area (Å²) in [7, 11) is 0. The van der Waals surface area contributed by atoms with E-state index < -0.39 is 6.10 Å². The average molecular weight is 274 g/mol. The van der Waals surface area contributed by atoms with E-state index in [1.807, 2.05) is 54.6 Å². The molecule has 1 heterocycles. The molecule has 3 nitrogen and oxygen atoms in total. The van der Waals surface area contributed by atoms with Gasteiger partial charge in [0.2, 0.25) is 0 Å². The summed E-state index contributed by atoms with van der Waals surface area (Å²) in [5.74, 6) is 0.562. The Labute approximate surface area is 122 Å². The summed E-state index contributed by atoms with van der Waals surface area (Å²) in [4.78, 5) is 4.60. The molecule has 0 aliphatic carbocycles. The molecule has 102 valence electrons. The molecule has 2 N–H and O–H groups in total. The maximum absolute atomic E-state index is 10.5. The van der Waals surface area contributed by atoms with Gasteiger partial charge in [-0.1, -0.05) is 54.6 Å². The first-order chi connectivity index (χ1) is 10.3. The Morgan fingerprint density at radius 1 is 0.857 bits per heavy atom. The minimum atomic E-state index is -0.755. The maximum Gasteiger partial charge on any atom is 0.140 e. The number of hydrogen-bond donors (Lipinski definition) is 2. The number of nitrogens with zero attached hydrogens (tertiary/aromatic N) is 1. The van der Waals surface area contributed by atoms with E-state index in [1.54, 1.807) is 0 Å². The number of rotatable bonds is 2. The highest BCUT2D eigenvalue weighted by Crippen LogP contribution is 2.37. The van der Waals surface area contributed by atoms with Crippen molar-refractivity contribution in [1.82, 2.24) is 0 Å². The van der Waals surface area contributed by atoms with Gasteiger partial charge < -0.3 is 10.4 Å². The van der Waals surface area contributed by atoms with Gasteiger partial charge in [0.15, 0.2) is 0 Å². The molecule has 0 aromatic heterocycles. The van der Waals surface area contributed by atoms with Gasteiger partial charge in [-0.3, -0.25) is 0 Å². The van der Waals surface area contributed by atoms with Gasteiger partial charge in [0.25, 0.3) is 0 Å². The van der Waals surface area contributed by atoms with Gasteiger partial charge in [0, 0.05) is 11.1 Å². The lowest BCUT2D eigenvalue weighted by molar-refractivity contribution is 0.247. The fraction of sp³-hybridized carbons (Fsp3) is 0.0556. The molecule has 0 unspecified atom stereocenters. The first-order valence-corrected chi connectivity index (χ1v) is 6.93. The minimum Gasteiger partial charge on any atom is -0.380 e. The Balaban J connectivity index is 1.83. The summed E-state index contributed by atoms with van der Waals surface area (Å²) in [6.45, 7) is 0. The van der Waals surface area contributed by atoms with Gasteiger partial charge in [0.1, 0.15) is 11.9 Å². The van der Waals surface area contributed by atoms with E-state index in [2.05, 4.69) is 22.4 Å². The molecule has 0 fully saturated rings. The lowest BCUT2D eigenvalue weighted by atomic mass is 10.0. The zero-order chi connectivity index (χ0) is 14.2. The SMILES string of the molecule is O[C@@H](C1=Nc2cccc3cccc(c23)N1)c1ccccc1. The van der Waals surface area contributed by atoms with Crippen LogP contribution in [0.2, 0.25) is 0 Å². The number of aliphatic imine (C=N–C) groups is 1. The molecule has 0 bridgehead atoms. The highest BCUT2D eigenvalue weighted by molar-refractivity contribution is 6.14. The molecule has 1 aliphatic rings. The molecular formula is C18H14N2O. The van der Waals surface area contributed by atoms with E-state index >= 15 is 0 Å². The van der Waals surface area contributed by atoms with Crippen molar-refractivity contribution >= 4 is 28.0 Å². The molecule has 0 radical (unpaired) electrons. The van der Waals surface area contributed by atoms with Gasteiger partial charge in [-0.2, -0.15) is 0 Å². The molecule has 0 amide bonds. The van der Waals surface area contributed by atoms with E-state index in [1.165, 1.54) is 0 Å². The summed E-state index contributed by atoms with van der Waals surface area (Å²) in [6.07, 6.45) is -0.755. The van der Waals surface area contributed by atoms with E-state index in [4.69, 9.17) is 0 Å². The van der Waals surface area contributed by atoms with Crippen LogP contribution in [0.15, 0.2) is 71.7 Å². The normalized spacial score (nSPS) is 14.4. The zero-order valence-corrected chi connectivity index (χ0v) is 11.3. The molecule has 0 saturated carbocycles. The summed E-state index contributed by atoms with van der Waals surface area (Å²) in [6, 6.07) is 21.7. The summed E-state index contributed by atoms with van der Waals surface area (Å²) < 4.78 is 0. The van der Waals surface area contributed by atoms with Crippen LogP contribution < -0.4 is 5.32 Å². The van der Waals surface area contributed by atoms with Crippen LogP contribution in [0.1, 0.15) is 11.7 Å². The van der Waals surface area contributed by atoms with Crippen LogP contribution >= 0.6 is 0 Å². The number of anilines is 1. The first-order valence-electron chi connectivity index (χ1n) is 6.93. The van der Waals surface area contributed by atoms with Gasteiger partial charge in [-0.15, -0.1) is 0 Å². The van der Waals surface area contributed by atoms with Crippen molar-refractivity contribution in [2.75, 3.05) is 5.32 Å². The summed E-state index contributed by atoms with van der Waals surface area (Å²) in [5.41, 5.74) is 2.71. The van der Waals surface area contributed by atoms with E-state index in [0.29, 0.717) is 5.84 Å².